The summed E-state index contributed by atoms with van der Waals surface area (Å²) in [5.74, 6) is -0.858. The molecule has 1 amide bonds. The fourth-order valence-electron chi connectivity index (χ4n) is 6.47. The second-order valence-corrected chi connectivity index (χ2v) is 12.6. The van der Waals surface area contributed by atoms with Crippen molar-refractivity contribution < 1.29 is 33.3 Å². The lowest BCUT2D eigenvalue weighted by Crippen LogP contribution is -2.29. The summed E-state index contributed by atoms with van der Waals surface area (Å²) in [4.78, 5) is 28.5. The number of methoxy groups -OCH3 is 1. The van der Waals surface area contributed by atoms with Crippen molar-refractivity contribution >= 4 is 11.9 Å². The highest BCUT2D eigenvalue weighted by molar-refractivity contribution is 5.97. The fourth-order valence-corrected chi connectivity index (χ4v) is 6.47. The number of aliphatic carboxylic acids is 1. The first-order chi connectivity index (χ1) is 20.2. The Balaban J connectivity index is 1.73. The predicted octanol–water partition coefficient (Wildman–Crippen LogP) is 7.16. The number of rotatable bonds is 6. The number of carbonyl (C=O) groups excluding carboxylic acids is 1. The van der Waals surface area contributed by atoms with Gasteiger partial charge in [0.1, 0.15) is 5.75 Å². The summed E-state index contributed by atoms with van der Waals surface area (Å²) in [5, 5.41) is 10.5. The lowest BCUT2D eigenvalue weighted by molar-refractivity contribution is -0.160. The van der Waals surface area contributed by atoms with Crippen LogP contribution >= 0.6 is 0 Å². The Hall–Kier alpha value is -3.91. The van der Waals surface area contributed by atoms with Crippen LogP contribution in [0.4, 0.5) is 4.39 Å². The van der Waals surface area contributed by atoms with Gasteiger partial charge in [0.05, 0.1) is 19.3 Å². The van der Waals surface area contributed by atoms with E-state index in [1.54, 1.807) is 18.1 Å². The van der Waals surface area contributed by atoms with Gasteiger partial charge in [-0.2, -0.15) is 0 Å². The molecule has 0 aliphatic carbocycles. The van der Waals surface area contributed by atoms with Crippen LogP contribution in [0, 0.1) is 33.5 Å². The van der Waals surface area contributed by atoms with Crippen molar-refractivity contribution in [1.29, 1.82) is 0 Å². The van der Waals surface area contributed by atoms with Gasteiger partial charge in [-0.15, -0.1) is 0 Å². The van der Waals surface area contributed by atoms with Crippen LogP contribution in [0.15, 0.2) is 24.3 Å². The zero-order chi connectivity index (χ0) is 31.4. The first-order valence-electron chi connectivity index (χ1n) is 14.7. The van der Waals surface area contributed by atoms with E-state index in [9.17, 15) is 14.7 Å². The normalized spacial score (nSPS) is 15.0. The Bertz CT molecular complexity index is 1640. The number of ether oxygens (including phenoxy) is 3. The molecule has 8 heteroatoms. The highest BCUT2D eigenvalue weighted by atomic mass is 19.1. The highest BCUT2D eigenvalue weighted by Crippen LogP contribution is 2.47. The first-order valence-corrected chi connectivity index (χ1v) is 14.7. The Kier molecular flexibility index (Phi) is 8.03. The maximum Gasteiger partial charge on any atom is 0.337 e. The molecule has 0 saturated heterocycles. The van der Waals surface area contributed by atoms with E-state index in [0.29, 0.717) is 54.1 Å². The topological polar surface area (TPSA) is 85.3 Å². The fraction of sp³-hybridized carbons (Fsp3) is 0.429. The van der Waals surface area contributed by atoms with Crippen LogP contribution in [0.3, 0.4) is 0 Å². The summed E-state index contributed by atoms with van der Waals surface area (Å²) < 4.78 is 32.9. The van der Waals surface area contributed by atoms with Crippen molar-refractivity contribution in [1.82, 2.24) is 4.90 Å². The number of nitrogens with zero attached hydrogens (tertiary/aromatic N) is 1. The molecule has 3 aromatic carbocycles. The van der Waals surface area contributed by atoms with E-state index in [2.05, 4.69) is 0 Å². The van der Waals surface area contributed by atoms with Gasteiger partial charge in [0.15, 0.2) is 17.7 Å². The van der Waals surface area contributed by atoms with Gasteiger partial charge in [-0.1, -0.05) is 6.07 Å². The molecule has 2 heterocycles. The Labute approximate surface area is 252 Å². The summed E-state index contributed by atoms with van der Waals surface area (Å²) >= 11 is 0. The zero-order valence-corrected chi connectivity index (χ0v) is 26.2. The van der Waals surface area contributed by atoms with Crippen LogP contribution in [0.5, 0.6) is 11.5 Å². The van der Waals surface area contributed by atoms with E-state index in [1.165, 1.54) is 6.07 Å². The minimum Gasteiger partial charge on any atom is -0.497 e. The molecule has 5 rings (SSSR count). The Morgan fingerprint density at radius 1 is 1.00 bits per heavy atom. The minimum absolute atomic E-state index is 0.136. The third-order valence-corrected chi connectivity index (χ3v) is 8.64. The number of carboxylic acids is 1. The quantitative estimate of drug-likeness (QED) is 0.329. The van der Waals surface area contributed by atoms with Gasteiger partial charge in [-0.3, -0.25) is 4.79 Å². The Morgan fingerprint density at radius 2 is 1.67 bits per heavy atom. The van der Waals surface area contributed by atoms with Crippen LogP contribution < -0.4 is 9.47 Å². The second-order valence-electron chi connectivity index (χ2n) is 12.6. The van der Waals surface area contributed by atoms with E-state index >= 15 is 4.39 Å². The van der Waals surface area contributed by atoms with Gasteiger partial charge in [0, 0.05) is 29.8 Å². The number of amides is 1. The molecule has 0 unspecified atom stereocenters. The van der Waals surface area contributed by atoms with E-state index in [0.717, 1.165) is 45.4 Å². The number of hydrogen-bond acceptors (Lipinski definition) is 5. The van der Waals surface area contributed by atoms with Gasteiger partial charge in [-0.05, 0) is 124 Å². The molecule has 2 aliphatic rings. The summed E-state index contributed by atoms with van der Waals surface area (Å²) in [6.45, 7) is 14.2. The number of aryl methyl sites for hydroxylation is 1. The van der Waals surface area contributed by atoms with Crippen molar-refractivity contribution in [3.63, 3.8) is 0 Å². The lowest BCUT2D eigenvalue weighted by Gasteiger charge is -2.31. The smallest absolute Gasteiger partial charge is 0.337 e. The van der Waals surface area contributed by atoms with Gasteiger partial charge in [0.25, 0.3) is 5.91 Å². The van der Waals surface area contributed by atoms with Crippen LogP contribution in [0.2, 0.25) is 0 Å². The molecule has 0 radical (unpaired) electrons. The van der Waals surface area contributed by atoms with Crippen molar-refractivity contribution in [2.75, 3.05) is 13.7 Å². The van der Waals surface area contributed by atoms with Gasteiger partial charge >= 0.3 is 5.97 Å². The number of carboxylic acid groups (broad SMARTS) is 1. The molecule has 0 aromatic heterocycles. The van der Waals surface area contributed by atoms with Crippen LogP contribution in [-0.2, 0) is 29.0 Å². The molecule has 3 aromatic rings. The summed E-state index contributed by atoms with van der Waals surface area (Å²) in [5.41, 5.74) is 7.43. The van der Waals surface area contributed by atoms with Crippen molar-refractivity contribution in [2.45, 2.75) is 86.1 Å². The van der Waals surface area contributed by atoms with Crippen LogP contribution in [0.25, 0.3) is 11.1 Å². The molecule has 0 bridgehead atoms. The zero-order valence-electron chi connectivity index (χ0n) is 26.2. The van der Waals surface area contributed by atoms with Gasteiger partial charge in [-0.25, -0.2) is 9.18 Å². The van der Waals surface area contributed by atoms with Gasteiger partial charge in [0.2, 0.25) is 0 Å². The maximum atomic E-state index is 15.6. The summed E-state index contributed by atoms with van der Waals surface area (Å²) in [6, 6.07) is 6.89. The SMILES string of the molecule is COc1ccc(C)c(C(=O)N2Cc3c(C)c(-c4cc(F)c5c(c4C)CCCO5)c([C@H](OC(C)(C)C)C(=O)O)c(C)c3C2)c1. The van der Waals surface area contributed by atoms with Crippen molar-refractivity contribution in [3.8, 4) is 22.6 Å². The average molecular weight is 590 g/mol. The highest BCUT2D eigenvalue weighted by Gasteiger charge is 2.37. The van der Waals surface area contributed by atoms with E-state index in [1.807, 2.05) is 60.6 Å². The molecule has 43 heavy (non-hydrogen) atoms. The number of hydrogen-bond donors (Lipinski definition) is 1. The molecule has 2 aliphatic heterocycles. The van der Waals surface area contributed by atoms with E-state index < -0.39 is 23.5 Å². The third kappa shape index (κ3) is 5.49. The monoisotopic (exact) mass is 589 g/mol. The first kappa shape index (κ1) is 30.5. The molecule has 7 nitrogen and oxygen atoms in total. The minimum atomic E-state index is -1.31. The molecule has 0 fully saturated rings. The number of halogens is 1. The molecular formula is C35H40FNO6. The van der Waals surface area contributed by atoms with Crippen molar-refractivity contribution in [3.05, 3.63) is 80.2 Å². The van der Waals surface area contributed by atoms with Crippen LogP contribution in [-0.4, -0.2) is 41.2 Å². The standard InChI is InChI=1S/C35H40FNO6/c1-18-11-12-22(41-8)14-24(18)33(38)37-16-26-20(3)29(25-15-28(36)31-23(19(25)2)10-9-13-42-31)30(21(4)27(26)17-37)32(34(39)40)43-35(5,6)7/h11-12,14-15,32H,9-10,13,16-17H2,1-8H3,(H,39,40)/t32-/m0/s1. The number of carbonyl (C=O) groups is 2. The number of fused-ring (bicyclic) bond motifs is 2. The van der Waals surface area contributed by atoms with Gasteiger partial charge < -0.3 is 24.2 Å². The predicted molar refractivity (Wildman–Crippen MR) is 162 cm³/mol. The molecule has 1 N–H and O–H groups in total. The summed E-state index contributed by atoms with van der Waals surface area (Å²) in [6.07, 6.45) is 0.143. The second kappa shape index (κ2) is 11.3. The maximum absolute atomic E-state index is 15.6. The lowest BCUT2D eigenvalue weighted by atomic mass is 9.81. The van der Waals surface area contributed by atoms with Crippen LogP contribution in [0.1, 0.15) is 88.2 Å². The molecule has 228 valence electrons. The largest absolute Gasteiger partial charge is 0.497 e. The molecule has 0 spiro atoms. The molecular weight excluding hydrogens is 549 g/mol. The van der Waals surface area contributed by atoms with E-state index in [4.69, 9.17) is 14.2 Å². The van der Waals surface area contributed by atoms with Crippen molar-refractivity contribution in [2.24, 2.45) is 0 Å². The Morgan fingerprint density at radius 3 is 2.30 bits per heavy atom. The average Bonchev–Trinajstić information content (AvgIpc) is 3.42. The third-order valence-electron chi connectivity index (χ3n) is 8.64. The van der Waals surface area contributed by atoms with E-state index in [-0.39, 0.29) is 11.7 Å². The number of benzene rings is 3. The molecule has 0 saturated carbocycles. The molecule has 1 atom stereocenters. The summed E-state index contributed by atoms with van der Waals surface area (Å²) in [7, 11) is 1.57.